The van der Waals surface area contributed by atoms with Crippen molar-refractivity contribution < 1.29 is 9.53 Å². The molecule has 3 aromatic rings. The van der Waals surface area contributed by atoms with E-state index in [1.54, 1.807) is 18.2 Å². The Kier molecular flexibility index (Phi) is 6.19. The van der Waals surface area contributed by atoms with Crippen LogP contribution < -0.4 is 10.1 Å². The molecule has 0 spiro atoms. The maximum absolute atomic E-state index is 12.5. The molecule has 0 bridgehead atoms. The van der Waals surface area contributed by atoms with Crippen molar-refractivity contribution in [1.29, 1.82) is 0 Å². The van der Waals surface area contributed by atoms with Gasteiger partial charge in [0.05, 0.1) is 11.1 Å². The molecule has 0 fully saturated rings. The summed E-state index contributed by atoms with van der Waals surface area (Å²) in [5.74, 6) is 1.19. The van der Waals surface area contributed by atoms with Crippen molar-refractivity contribution >= 4 is 34.8 Å². The molecule has 1 atom stereocenters. The van der Waals surface area contributed by atoms with Gasteiger partial charge in [0.1, 0.15) is 5.75 Å². The molecular weight excluding hydrogens is 387 g/mol. The average Bonchev–Trinajstić information content (AvgIpc) is 3.04. The van der Waals surface area contributed by atoms with E-state index in [9.17, 15) is 4.79 Å². The summed E-state index contributed by atoms with van der Waals surface area (Å²) in [6, 6.07) is 10.3. The Morgan fingerprint density at radius 2 is 2.04 bits per heavy atom. The van der Waals surface area contributed by atoms with Crippen LogP contribution in [0.1, 0.15) is 32.1 Å². The lowest BCUT2D eigenvalue weighted by Crippen LogP contribution is -2.34. The van der Waals surface area contributed by atoms with Crippen LogP contribution in [0.3, 0.4) is 0 Å². The minimum atomic E-state index is -0.279. The highest BCUT2D eigenvalue weighted by Crippen LogP contribution is 2.27. The number of rotatable bonds is 7. The SMILES string of the molecule is CC(C)C[C@@H](NC(=O)COc1ccc(Cl)cc1Cl)c1nnc2ccccn12. The molecule has 8 heteroatoms. The van der Waals surface area contributed by atoms with Crippen LogP contribution in [0.25, 0.3) is 5.65 Å². The number of carbonyl (C=O) groups is 1. The lowest BCUT2D eigenvalue weighted by molar-refractivity contribution is -0.124. The summed E-state index contributed by atoms with van der Waals surface area (Å²) >= 11 is 11.9. The molecular formula is C19H20Cl2N4O2. The monoisotopic (exact) mass is 406 g/mol. The maximum atomic E-state index is 12.5. The first kappa shape index (κ1) is 19.5. The fraction of sp³-hybridized carbons (Fsp3) is 0.316. The Bertz CT molecular complexity index is 942. The van der Waals surface area contributed by atoms with Crippen molar-refractivity contribution in [2.45, 2.75) is 26.3 Å². The molecule has 2 aromatic heterocycles. The second-order valence-electron chi connectivity index (χ2n) is 6.60. The normalized spacial score (nSPS) is 12.3. The zero-order valence-corrected chi connectivity index (χ0v) is 16.5. The quantitative estimate of drug-likeness (QED) is 0.634. The highest BCUT2D eigenvalue weighted by molar-refractivity contribution is 6.35. The third kappa shape index (κ3) is 4.90. The Labute approximate surface area is 167 Å². The number of carbonyl (C=O) groups excluding carboxylic acids is 1. The molecule has 0 unspecified atom stereocenters. The lowest BCUT2D eigenvalue weighted by atomic mass is 10.0. The van der Waals surface area contributed by atoms with E-state index in [2.05, 4.69) is 29.4 Å². The summed E-state index contributed by atoms with van der Waals surface area (Å²) in [6.45, 7) is 4.02. The van der Waals surface area contributed by atoms with Crippen LogP contribution in [0, 0.1) is 5.92 Å². The van der Waals surface area contributed by atoms with Gasteiger partial charge in [-0.15, -0.1) is 10.2 Å². The van der Waals surface area contributed by atoms with Crippen LogP contribution in [0.15, 0.2) is 42.6 Å². The van der Waals surface area contributed by atoms with Gasteiger partial charge in [0, 0.05) is 11.2 Å². The standard InChI is InChI=1S/C19H20Cl2N4O2/c1-12(2)9-15(19-24-23-17-5-3-4-8-25(17)19)22-18(26)11-27-16-7-6-13(20)10-14(16)21/h3-8,10,12,15H,9,11H2,1-2H3,(H,22,26)/t15-/m1/s1. The molecule has 0 saturated heterocycles. The fourth-order valence-electron chi connectivity index (χ4n) is 2.77. The zero-order chi connectivity index (χ0) is 19.4. The van der Waals surface area contributed by atoms with Gasteiger partial charge in [-0.3, -0.25) is 9.20 Å². The number of hydrogen-bond acceptors (Lipinski definition) is 4. The number of aromatic nitrogens is 3. The van der Waals surface area contributed by atoms with Gasteiger partial charge in [-0.1, -0.05) is 43.1 Å². The number of halogens is 2. The van der Waals surface area contributed by atoms with Gasteiger partial charge in [0.25, 0.3) is 5.91 Å². The average molecular weight is 407 g/mol. The first-order chi connectivity index (χ1) is 12.9. The second kappa shape index (κ2) is 8.59. The number of hydrogen-bond donors (Lipinski definition) is 1. The van der Waals surface area contributed by atoms with Crippen molar-refractivity contribution in [2.24, 2.45) is 5.92 Å². The third-order valence-electron chi connectivity index (χ3n) is 3.95. The number of ether oxygens (including phenoxy) is 1. The molecule has 142 valence electrons. The highest BCUT2D eigenvalue weighted by Gasteiger charge is 2.22. The topological polar surface area (TPSA) is 68.5 Å². The van der Waals surface area contributed by atoms with Crippen LogP contribution in [0.5, 0.6) is 5.75 Å². The molecule has 6 nitrogen and oxygen atoms in total. The van der Waals surface area contributed by atoms with Crippen LogP contribution in [0.2, 0.25) is 10.0 Å². The molecule has 0 radical (unpaired) electrons. The van der Waals surface area contributed by atoms with Crippen molar-refractivity contribution in [3.05, 3.63) is 58.5 Å². The minimum absolute atomic E-state index is 0.160. The molecule has 27 heavy (non-hydrogen) atoms. The molecule has 1 N–H and O–H groups in total. The predicted molar refractivity (Wildman–Crippen MR) is 105 cm³/mol. The summed E-state index contributed by atoms with van der Waals surface area (Å²) < 4.78 is 7.40. The fourth-order valence-corrected chi connectivity index (χ4v) is 3.23. The summed E-state index contributed by atoms with van der Waals surface area (Å²) in [7, 11) is 0. The van der Waals surface area contributed by atoms with Gasteiger partial charge in [0.15, 0.2) is 18.1 Å². The molecule has 0 aliphatic heterocycles. The number of nitrogens with one attached hydrogen (secondary N) is 1. The molecule has 1 amide bonds. The smallest absolute Gasteiger partial charge is 0.258 e. The van der Waals surface area contributed by atoms with Gasteiger partial charge in [-0.25, -0.2) is 0 Å². The Morgan fingerprint density at radius 3 is 2.78 bits per heavy atom. The van der Waals surface area contributed by atoms with Gasteiger partial charge >= 0.3 is 0 Å². The van der Waals surface area contributed by atoms with E-state index >= 15 is 0 Å². The number of pyridine rings is 1. The Hall–Kier alpha value is -2.31. The molecule has 0 aliphatic carbocycles. The van der Waals surface area contributed by atoms with E-state index in [1.165, 1.54) is 0 Å². The summed E-state index contributed by atoms with van der Waals surface area (Å²) in [5.41, 5.74) is 0.736. The molecule has 0 aliphatic rings. The summed E-state index contributed by atoms with van der Waals surface area (Å²) in [5, 5.41) is 12.3. The lowest BCUT2D eigenvalue weighted by Gasteiger charge is -2.19. The first-order valence-corrected chi connectivity index (χ1v) is 9.36. The Morgan fingerprint density at radius 1 is 1.22 bits per heavy atom. The Balaban J connectivity index is 1.71. The number of benzene rings is 1. The van der Waals surface area contributed by atoms with E-state index in [0.29, 0.717) is 27.5 Å². The molecule has 1 aromatic carbocycles. The highest BCUT2D eigenvalue weighted by atomic mass is 35.5. The largest absolute Gasteiger partial charge is 0.482 e. The zero-order valence-electron chi connectivity index (χ0n) is 15.0. The van der Waals surface area contributed by atoms with E-state index in [1.807, 2.05) is 28.8 Å². The van der Waals surface area contributed by atoms with Crippen LogP contribution in [-0.4, -0.2) is 27.1 Å². The van der Waals surface area contributed by atoms with Crippen LogP contribution in [-0.2, 0) is 4.79 Å². The number of amides is 1. The van der Waals surface area contributed by atoms with E-state index in [4.69, 9.17) is 27.9 Å². The van der Waals surface area contributed by atoms with Crippen molar-refractivity contribution in [1.82, 2.24) is 19.9 Å². The predicted octanol–water partition coefficient (Wildman–Crippen LogP) is 4.32. The van der Waals surface area contributed by atoms with Crippen LogP contribution >= 0.6 is 23.2 Å². The number of fused-ring (bicyclic) bond motifs is 1. The maximum Gasteiger partial charge on any atom is 0.258 e. The van der Waals surface area contributed by atoms with E-state index in [-0.39, 0.29) is 18.6 Å². The van der Waals surface area contributed by atoms with E-state index < -0.39 is 0 Å². The third-order valence-corrected chi connectivity index (χ3v) is 4.48. The van der Waals surface area contributed by atoms with Gasteiger partial charge in [0.2, 0.25) is 0 Å². The molecule has 0 saturated carbocycles. The van der Waals surface area contributed by atoms with Crippen LogP contribution in [0.4, 0.5) is 0 Å². The van der Waals surface area contributed by atoms with Gasteiger partial charge in [-0.2, -0.15) is 0 Å². The summed E-state index contributed by atoms with van der Waals surface area (Å²) in [6.07, 6.45) is 2.61. The van der Waals surface area contributed by atoms with Gasteiger partial charge < -0.3 is 10.1 Å². The summed E-state index contributed by atoms with van der Waals surface area (Å²) in [4.78, 5) is 12.5. The van der Waals surface area contributed by atoms with Crippen molar-refractivity contribution in [2.75, 3.05) is 6.61 Å². The van der Waals surface area contributed by atoms with Crippen molar-refractivity contribution in [3.63, 3.8) is 0 Å². The van der Waals surface area contributed by atoms with Gasteiger partial charge in [-0.05, 0) is 42.7 Å². The molecule has 3 rings (SSSR count). The number of nitrogens with zero attached hydrogens (tertiary/aromatic N) is 3. The molecule has 2 heterocycles. The van der Waals surface area contributed by atoms with Crippen molar-refractivity contribution in [3.8, 4) is 5.75 Å². The minimum Gasteiger partial charge on any atom is -0.482 e. The first-order valence-electron chi connectivity index (χ1n) is 8.61. The van der Waals surface area contributed by atoms with E-state index in [0.717, 1.165) is 12.1 Å². The second-order valence-corrected chi connectivity index (χ2v) is 7.44.